The lowest BCUT2D eigenvalue weighted by Crippen LogP contribution is -2.08. The van der Waals surface area contributed by atoms with Crippen LogP contribution < -0.4 is 10.9 Å². The highest BCUT2D eigenvalue weighted by Crippen LogP contribution is 2.28. The fourth-order valence-corrected chi connectivity index (χ4v) is 2.61. The second-order valence-corrected chi connectivity index (χ2v) is 5.11. The van der Waals surface area contributed by atoms with Crippen LogP contribution in [0.2, 0.25) is 0 Å². The quantitative estimate of drug-likeness (QED) is 0.626. The highest BCUT2D eigenvalue weighted by Gasteiger charge is 2.11. The highest BCUT2D eigenvalue weighted by molar-refractivity contribution is 7.99. The number of nitrogens with one attached hydrogen (secondary N) is 2. The van der Waals surface area contributed by atoms with Crippen LogP contribution in [0.1, 0.15) is 25.8 Å². The molecule has 0 bridgehead atoms. The summed E-state index contributed by atoms with van der Waals surface area (Å²) < 4.78 is 0. The maximum Gasteiger partial charge on any atom is 0.251 e. The Hall–Kier alpha value is -1.89. The van der Waals surface area contributed by atoms with Gasteiger partial charge in [0.05, 0.1) is 0 Å². The minimum absolute atomic E-state index is 0.168. The molecule has 2 N–H and O–H groups in total. The van der Waals surface area contributed by atoms with E-state index in [-0.39, 0.29) is 5.56 Å². The zero-order valence-electron chi connectivity index (χ0n) is 11.5. The van der Waals surface area contributed by atoms with Crippen LogP contribution in [0.3, 0.4) is 0 Å². The van der Waals surface area contributed by atoms with E-state index in [9.17, 15) is 4.79 Å². The summed E-state index contributed by atoms with van der Waals surface area (Å²) in [5.41, 5.74) is 0.872. The van der Waals surface area contributed by atoms with Gasteiger partial charge in [0.1, 0.15) is 17.2 Å². The van der Waals surface area contributed by atoms with Gasteiger partial charge in [-0.3, -0.25) is 4.79 Å². The Morgan fingerprint density at radius 1 is 1.30 bits per heavy atom. The van der Waals surface area contributed by atoms with Gasteiger partial charge in [-0.1, -0.05) is 13.8 Å². The van der Waals surface area contributed by atoms with E-state index in [4.69, 9.17) is 0 Å². The summed E-state index contributed by atoms with van der Waals surface area (Å²) in [7, 11) is 0. The molecule has 2 aromatic heterocycles. The summed E-state index contributed by atoms with van der Waals surface area (Å²) in [4.78, 5) is 26.7. The fraction of sp³-hybridized carbons (Fsp3) is 0.385. The van der Waals surface area contributed by atoms with Crippen molar-refractivity contribution < 1.29 is 0 Å². The predicted octanol–water partition coefficient (Wildman–Crippen LogP) is 2.10. The molecule has 0 saturated heterocycles. The second-order valence-electron chi connectivity index (χ2n) is 4.13. The van der Waals surface area contributed by atoms with Crippen molar-refractivity contribution in [2.24, 2.45) is 0 Å². The third kappa shape index (κ3) is 3.57. The Labute approximate surface area is 121 Å². The van der Waals surface area contributed by atoms with Crippen molar-refractivity contribution in [3.63, 3.8) is 0 Å². The smallest absolute Gasteiger partial charge is 0.251 e. The molecule has 0 atom stereocenters. The van der Waals surface area contributed by atoms with E-state index in [1.165, 1.54) is 30.4 Å². The van der Waals surface area contributed by atoms with Crippen molar-refractivity contribution in [3.05, 3.63) is 34.5 Å². The van der Waals surface area contributed by atoms with E-state index < -0.39 is 0 Å². The Kier molecular flexibility index (Phi) is 5.11. The Bertz CT molecular complexity index is 628. The summed E-state index contributed by atoms with van der Waals surface area (Å²) >= 11 is 1.34. The molecule has 2 aromatic rings. The van der Waals surface area contributed by atoms with Gasteiger partial charge in [0.15, 0.2) is 5.16 Å². The van der Waals surface area contributed by atoms with Crippen molar-refractivity contribution in [1.29, 1.82) is 0 Å². The van der Waals surface area contributed by atoms with Gasteiger partial charge in [-0.25, -0.2) is 15.0 Å². The van der Waals surface area contributed by atoms with E-state index in [0.717, 1.165) is 35.8 Å². The molecule has 0 aromatic carbocycles. The number of rotatable bonds is 6. The van der Waals surface area contributed by atoms with Gasteiger partial charge < -0.3 is 10.3 Å². The van der Waals surface area contributed by atoms with Crippen molar-refractivity contribution >= 4 is 17.6 Å². The minimum Gasteiger partial charge on any atom is -0.370 e. The maximum atomic E-state index is 11.3. The van der Waals surface area contributed by atoms with Crippen LogP contribution in [-0.4, -0.2) is 26.5 Å². The first-order valence-corrected chi connectivity index (χ1v) is 7.37. The maximum absolute atomic E-state index is 11.3. The van der Waals surface area contributed by atoms with Gasteiger partial charge in [0.25, 0.3) is 5.56 Å². The molecule has 0 radical (unpaired) electrons. The van der Waals surface area contributed by atoms with Crippen LogP contribution in [0.15, 0.2) is 33.6 Å². The number of nitrogens with zero attached hydrogens (tertiary/aromatic N) is 3. The van der Waals surface area contributed by atoms with E-state index in [0.29, 0.717) is 5.16 Å². The summed E-state index contributed by atoms with van der Waals surface area (Å²) in [5, 5.41) is 4.64. The molecule has 6 nitrogen and oxygen atoms in total. The topological polar surface area (TPSA) is 83.6 Å². The molecular weight excluding hydrogens is 274 g/mol. The SMILES string of the molecule is CCCNc1ncnc(Sc2nccc(=O)[nH]2)c1CC. The molecule has 0 amide bonds. The molecule has 2 rings (SSSR count). The lowest BCUT2D eigenvalue weighted by atomic mass is 10.2. The summed E-state index contributed by atoms with van der Waals surface area (Å²) in [5.74, 6) is 0.852. The molecule has 0 fully saturated rings. The standard InChI is InChI=1S/C13H17N5OS/c1-3-6-14-11-9(4-2)12(17-8-16-11)20-13-15-7-5-10(19)18-13/h5,7-8H,3-4,6H2,1-2H3,(H,14,16,17)(H,15,18,19). The Morgan fingerprint density at radius 3 is 2.85 bits per heavy atom. The molecule has 0 aliphatic carbocycles. The summed E-state index contributed by atoms with van der Waals surface area (Å²) in [6, 6.07) is 1.39. The predicted molar refractivity (Wildman–Crippen MR) is 79.2 cm³/mol. The zero-order valence-corrected chi connectivity index (χ0v) is 12.3. The van der Waals surface area contributed by atoms with Crippen molar-refractivity contribution in [3.8, 4) is 0 Å². The first-order chi connectivity index (χ1) is 9.74. The molecule has 0 spiro atoms. The highest BCUT2D eigenvalue weighted by atomic mass is 32.2. The van der Waals surface area contributed by atoms with Crippen LogP contribution in [0, 0.1) is 0 Å². The average Bonchev–Trinajstić information content (AvgIpc) is 2.45. The van der Waals surface area contributed by atoms with Gasteiger partial charge >= 0.3 is 0 Å². The third-order valence-corrected chi connectivity index (χ3v) is 3.59. The van der Waals surface area contributed by atoms with E-state index in [1.807, 2.05) is 0 Å². The van der Waals surface area contributed by atoms with E-state index in [2.05, 4.69) is 39.1 Å². The molecule has 0 aliphatic rings. The number of aromatic amines is 1. The number of H-pyrrole nitrogens is 1. The molecule has 7 heteroatoms. The lowest BCUT2D eigenvalue weighted by Gasteiger charge is -2.11. The number of aromatic nitrogens is 4. The van der Waals surface area contributed by atoms with Gasteiger partial charge in [-0.05, 0) is 24.6 Å². The van der Waals surface area contributed by atoms with E-state index >= 15 is 0 Å². The number of hydrogen-bond donors (Lipinski definition) is 2. The molecule has 0 aliphatic heterocycles. The molecule has 0 saturated carbocycles. The Balaban J connectivity index is 2.29. The van der Waals surface area contributed by atoms with E-state index in [1.54, 1.807) is 0 Å². The molecule has 2 heterocycles. The van der Waals surface area contributed by atoms with Crippen molar-refractivity contribution in [2.75, 3.05) is 11.9 Å². The molecular formula is C13H17N5OS. The van der Waals surface area contributed by atoms with Gasteiger partial charge in [0.2, 0.25) is 0 Å². The number of anilines is 1. The minimum atomic E-state index is -0.168. The average molecular weight is 291 g/mol. The van der Waals surface area contributed by atoms with Crippen molar-refractivity contribution in [2.45, 2.75) is 36.9 Å². The van der Waals surface area contributed by atoms with Gasteiger partial charge in [0, 0.05) is 24.4 Å². The summed E-state index contributed by atoms with van der Waals surface area (Å²) in [6.07, 6.45) is 4.86. The third-order valence-electron chi connectivity index (χ3n) is 2.64. The van der Waals surface area contributed by atoms with Gasteiger partial charge in [-0.15, -0.1) is 0 Å². The van der Waals surface area contributed by atoms with Crippen LogP contribution in [0.25, 0.3) is 0 Å². The lowest BCUT2D eigenvalue weighted by molar-refractivity contribution is 0.896. The fourth-order valence-electron chi connectivity index (χ4n) is 1.69. The largest absolute Gasteiger partial charge is 0.370 e. The normalized spacial score (nSPS) is 10.5. The first-order valence-electron chi connectivity index (χ1n) is 6.55. The summed E-state index contributed by atoms with van der Waals surface area (Å²) in [6.45, 7) is 5.03. The van der Waals surface area contributed by atoms with Crippen LogP contribution >= 0.6 is 11.8 Å². The van der Waals surface area contributed by atoms with Crippen LogP contribution in [0.5, 0.6) is 0 Å². The first kappa shape index (κ1) is 14.5. The monoisotopic (exact) mass is 291 g/mol. The van der Waals surface area contributed by atoms with Crippen LogP contribution in [-0.2, 0) is 6.42 Å². The van der Waals surface area contributed by atoms with Gasteiger partial charge in [-0.2, -0.15) is 0 Å². The van der Waals surface area contributed by atoms with Crippen molar-refractivity contribution in [1.82, 2.24) is 19.9 Å². The Morgan fingerprint density at radius 2 is 2.15 bits per heavy atom. The molecule has 106 valence electrons. The molecule has 20 heavy (non-hydrogen) atoms. The number of hydrogen-bond acceptors (Lipinski definition) is 6. The zero-order chi connectivity index (χ0) is 14.4. The molecule has 0 unspecified atom stereocenters. The second kappa shape index (κ2) is 7.04. The van der Waals surface area contributed by atoms with Crippen LogP contribution in [0.4, 0.5) is 5.82 Å².